The van der Waals surface area contributed by atoms with Gasteiger partial charge in [0.15, 0.2) is 0 Å². The van der Waals surface area contributed by atoms with Crippen LogP contribution in [0.3, 0.4) is 0 Å². The van der Waals surface area contributed by atoms with Gasteiger partial charge in [-0.05, 0) is 0 Å². The van der Waals surface area contributed by atoms with Crippen molar-refractivity contribution in [1.82, 2.24) is 0 Å². The lowest BCUT2D eigenvalue weighted by molar-refractivity contribution is -0.490. The van der Waals surface area contributed by atoms with E-state index in [1.807, 2.05) is 0 Å². The Bertz CT molecular complexity index is 406. The van der Waals surface area contributed by atoms with Crippen LogP contribution < -0.4 is 0 Å². The van der Waals surface area contributed by atoms with Crippen molar-refractivity contribution >= 4 is 0 Å². The molecule has 142 valence electrons. The molecule has 10 N–H and O–H groups in total. The molecule has 0 bridgehead atoms. The maximum Gasteiger partial charge on any atom is 0.254 e. The van der Waals surface area contributed by atoms with Crippen molar-refractivity contribution in [2.24, 2.45) is 0 Å². The molecule has 12 nitrogen and oxygen atoms in total. The Morgan fingerprint density at radius 2 is 0.875 bits per heavy atom. The van der Waals surface area contributed by atoms with Crippen molar-refractivity contribution in [3.63, 3.8) is 0 Å². The second-order valence-electron chi connectivity index (χ2n) is 5.92. The number of aliphatic hydroxyl groups is 10. The lowest BCUT2D eigenvalue weighted by Gasteiger charge is -2.56. The highest BCUT2D eigenvalue weighted by atomic mass is 16.7. The van der Waals surface area contributed by atoms with Crippen LogP contribution in [0.2, 0.25) is 0 Å². The standard InChI is InChI=1S/C12H22O12/c13-1-3-5(15)7(17)9(19)11(21,23-3)12(22)10(20)8(18)6(16)4(2-14)24-12/h3-10,13-22H,1-2H2/t3-,4-,5-,6-,7+,8+,9-,10-,11+,12+/m1/s1. The Hall–Kier alpha value is -0.480. The summed E-state index contributed by atoms with van der Waals surface area (Å²) >= 11 is 0. The first-order valence-corrected chi connectivity index (χ1v) is 7.15. The van der Waals surface area contributed by atoms with Gasteiger partial charge >= 0.3 is 0 Å². The molecular formula is C12H22O12. The van der Waals surface area contributed by atoms with Crippen LogP contribution in [0.1, 0.15) is 0 Å². The van der Waals surface area contributed by atoms with Gasteiger partial charge in [0.2, 0.25) is 0 Å². The first kappa shape index (κ1) is 19.8. The van der Waals surface area contributed by atoms with Crippen molar-refractivity contribution in [3.05, 3.63) is 0 Å². The average molecular weight is 358 g/mol. The largest absolute Gasteiger partial charge is 0.394 e. The molecule has 0 aromatic carbocycles. The van der Waals surface area contributed by atoms with Crippen LogP contribution in [-0.2, 0) is 9.47 Å². The first-order valence-electron chi connectivity index (χ1n) is 7.15. The zero-order valence-corrected chi connectivity index (χ0v) is 12.3. The van der Waals surface area contributed by atoms with Crippen molar-refractivity contribution in [2.75, 3.05) is 13.2 Å². The number of ether oxygens (including phenoxy) is 2. The molecule has 2 saturated heterocycles. The average Bonchev–Trinajstić information content (AvgIpc) is 2.57. The Labute approximate surface area is 135 Å². The van der Waals surface area contributed by atoms with Crippen molar-refractivity contribution in [2.45, 2.75) is 60.4 Å². The molecule has 2 fully saturated rings. The van der Waals surface area contributed by atoms with E-state index in [1.165, 1.54) is 0 Å². The molecule has 0 unspecified atom stereocenters. The molecule has 2 heterocycles. The zero-order valence-electron chi connectivity index (χ0n) is 12.3. The first-order chi connectivity index (χ1) is 11.0. The van der Waals surface area contributed by atoms with Gasteiger partial charge in [-0.3, -0.25) is 0 Å². The SMILES string of the molecule is OC[C@H]1O[C@](O)([C@@]2(O)O[C@H](CO)[C@@H](O)[C@H](O)[C@H]2O)[C@H](O)[C@@H](O)[C@@H]1O. The number of aliphatic hydroxyl groups excluding tert-OH is 8. The van der Waals surface area contributed by atoms with Crippen LogP contribution in [0, 0.1) is 0 Å². The molecule has 0 radical (unpaired) electrons. The third-order valence-corrected chi connectivity index (χ3v) is 4.45. The molecule has 24 heavy (non-hydrogen) atoms. The highest BCUT2D eigenvalue weighted by molar-refractivity contribution is 5.09. The van der Waals surface area contributed by atoms with Crippen LogP contribution >= 0.6 is 0 Å². The summed E-state index contributed by atoms with van der Waals surface area (Å²) in [6.07, 6.45) is -16.2. The van der Waals surface area contributed by atoms with Crippen LogP contribution in [0.5, 0.6) is 0 Å². The van der Waals surface area contributed by atoms with Crippen molar-refractivity contribution in [3.8, 4) is 0 Å². The molecule has 0 amide bonds. The van der Waals surface area contributed by atoms with Crippen LogP contribution in [-0.4, -0.2) is 125 Å². The third-order valence-electron chi connectivity index (χ3n) is 4.45. The smallest absolute Gasteiger partial charge is 0.254 e. The van der Waals surface area contributed by atoms with Crippen molar-refractivity contribution in [1.29, 1.82) is 0 Å². The van der Waals surface area contributed by atoms with E-state index in [2.05, 4.69) is 0 Å². The predicted octanol–water partition coefficient (Wildman–Crippen LogP) is -6.69. The minimum Gasteiger partial charge on any atom is -0.394 e. The summed E-state index contributed by atoms with van der Waals surface area (Å²) in [5.41, 5.74) is 0. The molecule has 2 rings (SSSR count). The van der Waals surface area contributed by atoms with E-state index in [-0.39, 0.29) is 0 Å². The van der Waals surface area contributed by atoms with Crippen LogP contribution in [0.25, 0.3) is 0 Å². The summed E-state index contributed by atoms with van der Waals surface area (Å²) < 4.78 is 9.69. The summed E-state index contributed by atoms with van der Waals surface area (Å²) in [5.74, 6) is -6.65. The van der Waals surface area contributed by atoms with E-state index < -0.39 is 73.6 Å². The highest BCUT2D eigenvalue weighted by Crippen LogP contribution is 2.43. The quantitative estimate of drug-likeness (QED) is 0.227. The van der Waals surface area contributed by atoms with Gasteiger partial charge in [-0.25, -0.2) is 0 Å². The summed E-state index contributed by atoms with van der Waals surface area (Å²) in [5, 5.41) is 98.3. The Morgan fingerprint density at radius 1 is 0.583 bits per heavy atom. The monoisotopic (exact) mass is 358 g/mol. The topological polar surface area (TPSA) is 221 Å². The van der Waals surface area contributed by atoms with Gasteiger partial charge in [0, 0.05) is 0 Å². The van der Waals surface area contributed by atoms with E-state index in [1.54, 1.807) is 0 Å². The van der Waals surface area contributed by atoms with Crippen LogP contribution in [0.15, 0.2) is 0 Å². The molecule has 0 saturated carbocycles. The Kier molecular flexibility index (Phi) is 5.52. The second kappa shape index (κ2) is 6.68. The number of rotatable bonds is 3. The molecular weight excluding hydrogens is 336 g/mol. The lowest BCUT2D eigenvalue weighted by Crippen LogP contribution is -2.81. The maximum atomic E-state index is 10.5. The van der Waals surface area contributed by atoms with Gasteiger partial charge in [0.05, 0.1) is 13.2 Å². The van der Waals surface area contributed by atoms with E-state index in [9.17, 15) is 40.9 Å². The minimum absolute atomic E-state index is 0.950. The molecule has 10 atom stereocenters. The van der Waals surface area contributed by atoms with E-state index in [0.29, 0.717) is 0 Å². The maximum absolute atomic E-state index is 10.5. The Morgan fingerprint density at radius 3 is 1.12 bits per heavy atom. The summed E-state index contributed by atoms with van der Waals surface area (Å²) in [6.45, 7) is -1.90. The molecule has 12 heteroatoms. The van der Waals surface area contributed by atoms with Gasteiger partial charge < -0.3 is 60.5 Å². The summed E-state index contributed by atoms with van der Waals surface area (Å²) in [4.78, 5) is 0. The second-order valence-corrected chi connectivity index (χ2v) is 5.92. The normalized spacial score (nSPS) is 56.2. The van der Waals surface area contributed by atoms with Gasteiger partial charge in [-0.2, -0.15) is 0 Å². The van der Waals surface area contributed by atoms with E-state index in [4.69, 9.17) is 19.7 Å². The number of hydrogen-bond acceptors (Lipinski definition) is 12. The fourth-order valence-electron chi connectivity index (χ4n) is 2.90. The molecule has 0 aromatic heterocycles. The van der Waals surface area contributed by atoms with E-state index >= 15 is 0 Å². The minimum atomic E-state index is -3.33. The third kappa shape index (κ3) is 2.65. The summed E-state index contributed by atoms with van der Waals surface area (Å²) in [6, 6.07) is 0. The fraction of sp³-hybridized carbons (Fsp3) is 1.00. The van der Waals surface area contributed by atoms with Gasteiger partial charge in [0.25, 0.3) is 11.6 Å². The molecule has 2 aliphatic heterocycles. The Balaban J connectivity index is 2.45. The molecule has 2 aliphatic rings. The molecule has 0 aromatic rings. The predicted molar refractivity (Wildman–Crippen MR) is 69.9 cm³/mol. The zero-order chi connectivity index (χ0) is 18.4. The van der Waals surface area contributed by atoms with Gasteiger partial charge in [0.1, 0.15) is 48.8 Å². The summed E-state index contributed by atoms with van der Waals surface area (Å²) in [7, 11) is 0. The molecule has 0 spiro atoms. The van der Waals surface area contributed by atoms with E-state index in [0.717, 1.165) is 0 Å². The lowest BCUT2D eigenvalue weighted by atomic mass is 9.80. The fourth-order valence-corrected chi connectivity index (χ4v) is 2.90. The van der Waals surface area contributed by atoms with Crippen LogP contribution in [0.4, 0.5) is 0 Å². The van der Waals surface area contributed by atoms with Crippen molar-refractivity contribution < 1.29 is 60.5 Å². The molecule has 0 aliphatic carbocycles. The van der Waals surface area contributed by atoms with Gasteiger partial charge in [-0.15, -0.1) is 0 Å². The highest BCUT2D eigenvalue weighted by Gasteiger charge is 2.71. The number of hydrogen-bond donors (Lipinski definition) is 10. The van der Waals surface area contributed by atoms with Gasteiger partial charge in [-0.1, -0.05) is 0 Å².